The number of hydrogen-bond acceptors (Lipinski definition) is 2. The molecular formula is C21H19FN2O2. The lowest BCUT2D eigenvalue weighted by atomic mass is 10.1. The van der Waals surface area contributed by atoms with E-state index in [2.05, 4.69) is 12.2 Å². The van der Waals surface area contributed by atoms with Crippen molar-refractivity contribution in [2.75, 3.05) is 5.32 Å². The number of hydrogen-bond donors (Lipinski definition) is 1. The second-order valence-corrected chi connectivity index (χ2v) is 6.01. The van der Waals surface area contributed by atoms with Crippen molar-refractivity contribution in [3.8, 4) is 0 Å². The van der Waals surface area contributed by atoms with Crippen LogP contribution < -0.4 is 10.9 Å². The molecule has 3 aromatic rings. The van der Waals surface area contributed by atoms with Gasteiger partial charge in [-0.25, -0.2) is 4.39 Å². The Labute approximate surface area is 150 Å². The van der Waals surface area contributed by atoms with Crippen molar-refractivity contribution in [2.24, 2.45) is 0 Å². The van der Waals surface area contributed by atoms with Gasteiger partial charge in [0, 0.05) is 18.0 Å². The van der Waals surface area contributed by atoms with Crippen LogP contribution >= 0.6 is 0 Å². The van der Waals surface area contributed by atoms with Crippen molar-refractivity contribution in [2.45, 2.75) is 19.9 Å². The average Bonchev–Trinajstić information content (AvgIpc) is 2.66. The molecule has 0 saturated heterocycles. The summed E-state index contributed by atoms with van der Waals surface area (Å²) in [6.45, 7) is 2.48. The zero-order valence-electron chi connectivity index (χ0n) is 14.4. The molecule has 1 aromatic heterocycles. The van der Waals surface area contributed by atoms with E-state index in [-0.39, 0.29) is 17.3 Å². The van der Waals surface area contributed by atoms with Crippen molar-refractivity contribution < 1.29 is 9.18 Å². The predicted molar refractivity (Wildman–Crippen MR) is 100.0 cm³/mol. The fraction of sp³-hybridized carbons (Fsp3) is 0.143. The summed E-state index contributed by atoms with van der Waals surface area (Å²) < 4.78 is 14.4. The maximum atomic E-state index is 12.9. The number of nitrogens with one attached hydrogen (secondary N) is 1. The van der Waals surface area contributed by atoms with Crippen LogP contribution in [0, 0.1) is 5.82 Å². The molecule has 1 amide bonds. The Morgan fingerprint density at radius 2 is 1.62 bits per heavy atom. The summed E-state index contributed by atoms with van der Waals surface area (Å²) in [5, 5.41) is 2.69. The molecule has 0 aliphatic carbocycles. The normalized spacial score (nSPS) is 10.5. The monoisotopic (exact) mass is 350 g/mol. The number of amides is 1. The van der Waals surface area contributed by atoms with Gasteiger partial charge in [-0.3, -0.25) is 9.59 Å². The second kappa shape index (κ2) is 7.78. The minimum absolute atomic E-state index is 0.178. The summed E-state index contributed by atoms with van der Waals surface area (Å²) in [6.07, 6.45) is 2.49. The van der Waals surface area contributed by atoms with Gasteiger partial charge in [-0.1, -0.05) is 31.2 Å². The first-order valence-electron chi connectivity index (χ1n) is 8.40. The number of carbonyl (C=O) groups is 1. The molecular weight excluding hydrogens is 331 g/mol. The van der Waals surface area contributed by atoms with Gasteiger partial charge < -0.3 is 9.88 Å². The fourth-order valence-corrected chi connectivity index (χ4v) is 2.60. The summed E-state index contributed by atoms with van der Waals surface area (Å²) in [5.41, 5.74) is 2.89. The molecule has 0 unspecified atom stereocenters. The number of anilines is 1. The van der Waals surface area contributed by atoms with E-state index >= 15 is 0 Å². The van der Waals surface area contributed by atoms with Crippen molar-refractivity contribution in [3.05, 3.63) is 99.7 Å². The molecule has 0 spiro atoms. The molecule has 1 heterocycles. The third kappa shape index (κ3) is 4.25. The van der Waals surface area contributed by atoms with E-state index in [4.69, 9.17) is 0 Å². The van der Waals surface area contributed by atoms with Gasteiger partial charge in [0.15, 0.2) is 0 Å². The van der Waals surface area contributed by atoms with E-state index in [1.54, 1.807) is 0 Å². The molecule has 0 bridgehead atoms. The molecule has 5 heteroatoms. The summed E-state index contributed by atoms with van der Waals surface area (Å²) in [6, 6.07) is 16.4. The number of carbonyl (C=O) groups excluding carboxylic acids is 1. The van der Waals surface area contributed by atoms with Gasteiger partial charge in [0.1, 0.15) is 5.82 Å². The molecule has 26 heavy (non-hydrogen) atoms. The molecule has 0 aliphatic heterocycles. The Balaban J connectivity index is 1.78. The summed E-state index contributed by atoms with van der Waals surface area (Å²) in [7, 11) is 0. The van der Waals surface area contributed by atoms with E-state index in [1.165, 1.54) is 52.7 Å². The van der Waals surface area contributed by atoms with Crippen LogP contribution in [-0.4, -0.2) is 10.5 Å². The van der Waals surface area contributed by atoms with Crippen molar-refractivity contribution in [3.63, 3.8) is 0 Å². The van der Waals surface area contributed by atoms with Crippen LogP contribution in [0.15, 0.2) is 71.7 Å². The van der Waals surface area contributed by atoms with Crippen molar-refractivity contribution in [1.29, 1.82) is 0 Å². The third-order valence-corrected chi connectivity index (χ3v) is 4.13. The molecule has 0 radical (unpaired) electrons. The summed E-state index contributed by atoms with van der Waals surface area (Å²) in [5.74, 6) is -0.725. The van der Waals surface area contributed by atoms with E-state index in [1.807, 2.05) is 24.3 Å². The number of benzene rings is 2. The SMILES string of the molecule is CCc1ccc(Cn2cc(C(=O)Nc3ccc(F)cc3)ccc2=O)cc1. The smallest absolute Gasteiger partial charge is 0.257 e. The Bertz CT molecular complexity index is 961. The maximum Gasteiger partial charge on any atom is 0.257 e. The number of pyridine rings is 1. The molecule has 0 aliphatic rings. The predicted octanol–water partition coefficient (Wildman–Crippen LogP) is 3.85. The number of halogens is 1. The first-order valence-corrected chi connectivity index (χ1v) is 8.40. The van der Waals surface area contributed by atoms with E-state index < -0.39 is 0 Å². The first-order chi connectivity index (χ1) is 12.5. The van der Waals surface area contributed by atoms with Crippen LogP contribution in [0.3, 0.4) is 0 Å². The van der Waals surface area contributed by atoms with Gasteiger partial charge in [-0.2, -0.15) is 0 Å². The summed E-state index contributed by atoms with van der Waals surface area (Å²) in [4.78, 5) is 24.5. The minimum Gasteiger partial charge on any atom is -0.322 e. The number of aryl methyl sites for hydroxylation is 1. The molecule has 132 valence electrons. The highest BCUT2D eigenvalue weighted by Crippen LogP contribution is 2.11. The maximum absolute atomic E-state index is 12.9. The van der Waals surface area contributed by atoms with Gasteiger partial charge in [0.05, 0.1) is 12.1 Å². The van der Waals surface area contributed by atoms with Crippen LogP contribution in [0.4, 0.5) is 10.1 Å². The lowest BCUT2D eigenvalue weighted by molar-refractivity contribution is 0.102. The lowest BCUT2D eigenvalue weighted by Gasteiger charge is -2.10. The Hall–Kier alpha value is -3.21. The minimum atomic E-state index is -0.370. The number of nitrogens with zero attached hydrogens (tertiary/aromatic N) is 1. The van der Waals surface area contributed by atoms with Crippen molar-refractivity contribution >= 4 is 11.6 Å². The highest BCUT2D eigenvalue weighted by Gasteiger charge is 2.09. The first kappa shape index (κ1) is 17.6. The van der Waals surface area contributed by atoms with Gasteiger partial charge in [-0.15, -0.1) is 0 Å². The molecule has 0 saturated carbocycles. The largest absolute Gasteiger partial charge is 0.322 e. The van der Waals surface area contributed by atoms with Crippen molar-refractivity contribution in [1.82, 2.24) is 4.57 Å². The Kier molecular flexibility index (Phi) is 5.27. The topological polar surface area (TPSA) is 51.1 Å². The Morgan fingerprint density at radius 1 is 0.962 bits per heavy atom. The van der Waals surface area contributed by atoms with Crippen LogP contribution in [0.25, 0.3) is 0 Å². The molecule has 0 fully saturated rings. The summed E-state index contributed by atoms with van der Waals surface area (Å²) >= 11 is 0. The van der Waals surface area contributed by atoms with E-state index in [0.29, 0.717) is 17.8 Å². The number of aromatic nitrogens is 1. The van der Waals surface area contributed by atoms with E-state index in [0.717, 1.165) is 12.0 Å². The average molecular weight is 350 g/mol. The Morgan fingerprint density at radius 3 is 2.27 bits per heavy atom. The molecule has 1 N–H and O–H groups in total. The fourth-order valence-electron chi connectivity index (χ4n) is 2.60. The van der Waals surface area contributed by atoms with Crippen LogP contribution in [0.5, 0.6) is 0 Å². The number of rotatable bonds is 5. The van der Waals surface area contributed by atoms with Gasteiger partial charge in [0.2, 0.25) is 0 Å². The second-order valence-electron chi connectivity index (χ2n) is 6.01. The third-order valence-electron chi connectivity index (χ3n) is 4.13. The van der Waals surface area contributed by atoms with Gasteiger partial charge >= 0.3 is 0 Å². The molecule has 0 atom stereocenters. The standard InChI is InChI=1S/C21H19FN2O2/c1-2-15-3-5-16(6-4-15)13-24-14-17(7-12-20(24)25)21(26)23-19-10-8-18(22)9-11-19/h3-12,14H,2,13H2,1H3,(H,23,26). The van der Waals surface area contributed by atoms with Crippen LogP contribution in [0.2, 0.25) is 0 Å². The molecule has 3 rings (SSSR count). The molecule has 4 nitrogen and oxygen atoms in total. The lowest BCUT2D eigenvalue weighted by Crippen LogP contribution is -2.22. The zero-order chi connectivity index (χ0) is 18.5. The zero-order valence-corrected chi connectivity index (χ0v) is 14.4. The highest BCUT2D eigenvalue weighted by molar-refractivity contribution is 6.04. The van der Waals surface area contributed by atoms with Gasteiger partial charge in [0.25, 0.3) is 11.5 Å². The molecule has 2 aromatic carbocycles. The quantitative estimate of drug-likeness (QED) is 0.760. The van der Waals surface area contributed by atoms with Crippen LogP contribution in [-0.2, 0) is 13.0 Å². The highest BCUT2D eigenvalue weighted by atomic mass is 19.1. The van der Waals surface area contributed by atoms with E-state index in [9.17, 15) is 14.0 Å². The van der Waals surface area contributed by atoms with Crippen LogP contribution in [0.1, 0.15) is 28.4 Å². The van der Waals surface area contributed by atoms with Gasteiger partial charge in [-0.05, 0) is 47.9 Å².